The van der Waals surface area contributed by atoms with Gasteiger partial charge in [0.1, 0.15) is 18.1 Å². The molecule has 0 unspecified atom stereocenters. The Morgan fingerprint density at radius 1 is 1.10 bits per heavy atom. The van der Waals surface area contributed by atoms with Gasteiger partial charge in [0.2, 0.25) is 10.0 Å². The molecule has 0 spiro atoms. The topological polar surface area (TPSA) is 131 Å². The van der Waals surface area contributed by atoms with Crippen molar-refractivity contribution in [3.63, 3.8) is 0 Å². The van der Waals surface area contributed by atoms with Crippen LogP contribution in [0.2, 0.25) is 0 Å². The first-order valence-corrected chi connectivity index (χ1v) is 14.3. The van der Waals surface area contributed by atoms with E-state index in [1.54, 1.807) is 70.5 Å². The highest BCUT2D eigenvalue weighted by atomic mass is 32.2. The number of aryl methyl sites for hydroxylation is 1. The molecule has 1 aliphatic heterocycles. The van der Waals surface area contributed by atoms with Gasteiger partial charge in [-0.25, -0.2) is 8.42 Å². The van der Waals surface area contributed by atoms with Gasteiger partial charge >= 0.3 is 0 Å². The minimum Gasteiger partial charge on any atom is -0.491 e. The molecule has 3 atom stereocenters. The fourth-order valence-electron chi connectivity index (χ4n) is 4.55. The molecule has 214 valence electrons. The number of fused-ring (bicyclic) bond motifs is 1. The van der Waals surface area contributed by atoms with E-state index in [1.165, 1.54) is 21.3 Å². The molecule has 1 aromatic heterocycles. The zero-order valence-electron chi connectivity index (χ0n) is 23.2. The summed E-state index contributed by atoms with van der Waals surface area (Å²) in [7, 11) is -0.673. The Bertz CT molecular complexity index is 1460. The van der Waals surface area contributed by atoms with Gasteiger partial charge in [0.05, 0.1) is 22.6 Å². The molecule has 4 rings (SSSR count). The lowest BCUT2D eigenvalue weighted by Gasteiger charge is -2.35. The number of nitrogens with zero attached hydrogens (tertiary/aromatic N) is 3. The van der Waals surface area contributed by atoms with E-state index in [4.69, 9.17) is 14.0 Å². The SMILES string of the molecule is CO[C@@H]1CN(C)C(=O)c2ccc(NC(=O)c3cc(C)on3)cc2OC[C@@H](C)N(S(=O)(=O)c2ccccc2)C[C@H]1C. The fraction of sp³-hybridized carbons (Fsp3) is 0.393. The van der Waals surface area contributed by atoms with Crippen LogP contribution in [0.3, 0.4) is 0 Å². The maximum absolute atomic E-state index is 13.7. The molecule has 0 aliphatic carbocycles. The van der Waals surface area contributed by atoms with E-state index in [9.17, 15) is 18.0 Å². The average Bonchev–Trinajstić information content (AvgIpc) is 3.39. The number of anilines is 1. The molecule has 0 saturated carbocycles. The fourth-order valence-corrected chi connectivity index (χ4v) is 6.29. The Kier molecular flexibility index (Phi) is 8.92. The number of hydrogen-bond acceptors (Lipinski definition) is 8. The molecule has 2 heterocycles. The standard InChI is InChI=1S/C28H34N4O7S/c1-18-15-32(40(35,36)22-9-7-6-8-10-22)19(2)17-38-25-14-21(29-27(33)24-13-20(3)39-30-24)11-12-23(25)28(34)31(4)16-26(18)37-5/h6-14,18-19,26H,15-17H2,1-5H3,(H,29,33)/t18-,19-,26-/m1/s1. The number of rotatable bonds is 5. The second kappa shape index (κ2) is 12.2. The third kappa shape index (κ3) is 6.35. The van der Waals surface area contributed by atoms with Crippen LogP contribution in [0.1, 0.15) is 40.5 Å². The van der Waals surface area contributed by atoms with E-state index in [-0.39, 0.29) is 53.4 Å². The van der Waals surface area contributed by atoms with Crippen LogP contribution in [0.15, 0.2) is 64.0 Å². The summed E-state index contributed by atoms with van der Waals surface area (Å²) in [6, 6.07) is 13.9. The smallest absolute Gasteiger partial charge is 0.277 e. The largest absolute Gasteiger partial charge is 0.491 e. The summed E-state index contributed by atoms with van der Waals surface area (Å²) in [6.45, 7) is 5.68. The van der Waals surface area contributed by atoms with Gasteiger partial charge < -0.3 is 24.2 Å². The molecule has 11 nitrogen and oxygen atoms in total. The van der Waals surface area contributed by atoms with Crippen molar-refractivity contribution < 1.29 is 32.0 Å². The summed E-state index contributed by atoms with van der Waals surface area (Å²) in [5, 5.41) is 6.45. The van der Waals surface area contributed by atoms with Crippen LogP contribution in [-0.2, 0) is 14.8 Å². The Morgan fingerprint density at radius 2 is 1.82 bits per heavy atom. The van der Waals surface area contributed by atoms with Gasteiger partial charge in [-0.1, -0.05) is 30.3 Å². The molecule has 2 aromatic carbocycles. The molecular formula is C28H34N4O7S. The average molecular weight is 571 g/mol. The molecule has 1 aliphatic rings. The van der Waals surface area contributed by atoms with E-state index in [0.717, 1.165) is 0 Å². The number of methoxy groups -OCH3 is 1. The number of aromatic nitrogens is 1. The summed E-state index contributed by atoms with van der Waals surface area (Å²) in [6.07, 6.45) is -0.428. The molecule has 0 radical (unpaired) electrons. The number of hydrogen-bond donors (Lipinski definition) is 1. The monoisotopic (exact) mass is 570 g/mol. The predicted molar refractivity (Wildman–Crippen MR) is 148 cm³/mol. The van der Waals surface area contributed by atoms with E-state index in [2.05, 4.69) is 10.5 Å². The Morgan fingerprint density at radius 3 is 2.48 bits per heavy atom. The van der Waals surface area contributed by atoms with Gasteiger partial charge in [-0.2, -0.15) is 4.31 Å². The van der Waals surface area contributed by atoms with E-state index < -0.39 is 28.1 Å². The van der Waals surface area contributed by atoms with Crippen LogP contribution in [0.25, 0.3) is 0 Å². The normalized spacial score (nSPS) is 21.1. The minimum atomic E-state index is -3.87. The Labute approximate surface area is 234 Å². The first-order valence-electron chi connectivity index (χ1n) is 12.9. The first kappa shape index (κ1) is 29.2. The quantitative estimate of drug-likeness (QED) is 0.494. The highest BCUT2D eigenvalue weighted by Gasteiger charge is 2.34. The van der Waals surface area contributed by atoms with Crippen LogP contribution in [-0.4, -0.2) is 80.6 Å². The van der Waals surface area contributed by atoms with Crippen molar-refractivity contribution in [2.24, 2.45) is 5.92 Å². The molecule has 0 bridgehead atoms. The number of carbonyl (C=O) groups excluding carboxylic acids is 2. The van der Waals surface area contributed by atoms with Crippen molar-refractivity contribution in [1.82, 2.24) is 14.4 Å². The summed E-state index contributed by atoms with van der Waals surface area (Å²) in [4.78, 5) is 27.8. The molecule has 3 aromatic rings. The van der Waals surface area contributed by atoms with Crippen molar-refractivity contribution >= 4 is 27.5 Å². The second-order valence-corrected chi connectivity index (χ2v) is 11.9. The lowest BCUT2D eigenvalue weighted by atomic mass is 10.0. The van der Waals surface area contributed by atoms with Crippen molar-refractivity contribution in [3.05, 3.63) is 71.6 Å². The first-order chi connectivity index (χ1) is 19.0. The molecule has 1 N–H and O–H groups in total. The third-order valence-electron chi connectivity index (χ3n) is 6.86. The van der Waals surface area contributed by atoms with Crippen molar-refractivity contribution in [2.45, 2.75) is 37.8 Å². The number of likely N-dealkylation sites (N-methyl/N-ethyl adjacent to an activating group) is 1. The van der Waals surface area contributed by atoms with E-state index >= 15 is 0 Å². The second-order valence-electron chi connectivity index (χ2n) is 9.97. The van der Waals surface area contributed by atoms with Gasteiger partial charge in [-0.3, -0.25) is 9.59 Å². The minimum absolute atomic E-state index is 0.0414. The van der Waals surface area contributed by atoms with Gasteiger partial charge in [0.25, 0.3) is 11.8 Å². The summed E-state index contributed by atoms with van der Waals surface area (Å²) < 4.78 is 45.7. The van der Waals surface area contributed by atoms with E-state index in [1.807, 2.05) is 6.92 Å². The van der Waals surface area contributed by atoms with E-state index in [0.29, 0.717) is 11.4 Å². The van der Waals surface area contributed by atoms with Crippen molar-refractivity contribution in [2.75, 3.05) is 39.2 Å². The van der Waals surface area contributed by atoms with Crippen LogP contribution in [0.4, 0.5) is 5.69 Å². The highest BCUT2D eigenvalue weighted by Crippen LogP contribution is 2.28. The van der Waals surface area contributed by atoms with Crippen LogP contribution in [0.5, 0.6) is 5.75 Å². The van der Waals surface area contributed by atoms with Crippen LogP contribution >= 0.6 is 0 Å². The van der Waals surface area contributed by atoms with Crippen molar-refractivity contribution in [3.8, 4) is 5.75 Å². The van der Waals surface area contributed by atoms with Crippen molar-refractivity contribution in [1.29, 1.82) is 0 Å². The zero-order chi connectivity index (χ0) is 29.0. The Balaban J connectivity index is 1.70. The summed E-state index contributed by atoms with van der Waals surface area (Å²) >= 11 is 0. The highest BCUT2D eigenvalue weighted by molar-refractivity contribution is 7.89. The maximum atomic E-state index is 13.7. The van der Waals surface area contributed by atoms with Gasteiger partial charge in [-0.05, 0) is 44.0 Å². The number of nitrogens with one attached hydrogen (secondary N) is 1. The van der Waals surface area contributed by atoms with Gasteiger partial charge in [-0.15, -0.1) is 0 Å². The number of ether oxygens (including phenoxy) is 2. The van der Waals surface area contributed by atoms with Gasteiger partial charge in [0, 0.05) is 45.1 Å². The molecule has 0 fully saturated rings. The zero-order valence-corrected chi connectivity index (χ0v) is 24.0. The number of amides is 2. The molecule has 12 heteroatoms. The molecule has 2 amide bonds. The third-order valence-corrected chi connectivity index (χ3v) is 8.85. The lowest BCUT2D eigenvalue weighted by molar-refractivity contribution is 0.0212. The number of carbonyl (C=O) groups is 2. The number of benzene rings is 2. The number of sulfonamides is 1. The van der Waals surface area contributed by atoms with Gasteiger partial charge in [0.15, 0.2) is 5.69 Å². The van der Waals surface area contributed by atoms with Crippen LogP contribution in [0, 0.1) is 12.8 Å². The summed E-state index contributed by atoms with van der Waals surface area (Å²) in [5.74, 6) is -0.322. The summed E-state index contributed by atoms with van der Waals surface area (Å²) in [5.41, 5.74) is 0.749. The molecular weight excluding hydrogens is 536 g/mol. The lowest BCUT2D eigenvalue weighted by Crippen LogP contribution is -2.48. The molecule has 0 saturated heterocycles. The Hall–Kier alpha value is -3.74. The molecule has 40 heavy (non-hydrogen) atoms. The predicted octanol–water partition coefficient (Wildman–Crippen LogP) is 3.43. The maximum Gasteiger partial charge on any atom is 0.277 e. The van der Waals surface area contributed by atoms with Crippen LogP contribution < -0.4 is 10.1 Å².